The fourth-order valence-electron chi connectivity index (χ4n) is 5.22. The van der Waals surface area contributed by atoms with Crippen LogP contribution in [0.5, 0.6) is 0 Å². The van der Waals surface area contributed by atoms with E-state index in [1.807, 2.05) is 30.3 Å². The largest absolute Gasteiger partial charge is 0.359 e. The van der Waals surface area contributed by atoms with E-state index in [0.29, 0.717) is 24.4 Å². The minimum absolute atomic E-state index is 0.0453. The maximum atomic E-state index is 6.80. The third kappa shape index (κ3) is 4.71. The van der Waals surface area contributed by atoms with Crippen LogP contribution in [0, 0.1) is 23.7 Å². The lowest BCUT2D eigenvalue weighted by Crippen LogP contribution is -2.60. The first-order valence-electron chi connectivity index (χ1n) is 11.8. The summed E-state index contributed by atoms with van der Waals surface area (Å²) >= 11 is 1.73. The standard InChI is InChI=1S/C25H38O5S/c1-7-19-15(3)14(2)16(4)23(27-19)29-21-17(5)25(31-6)28-20-13-26-24(30-22(20)21)18-11-9-8-10-12-18/h8-12,14-17,19-25H,7,13H2,1-6H3/t14-,15+,16?,17?,19?,20?,21+,22-,23+,24?,25-/m0/s1. The normalized spacial score (nSPS) is 45.8. The van der Waals surface area contributed by atoms with Gasteiger partial charge in [-0.25, -0.2) is 0 Å². The first kappa shape index (κ1) is 23.5. The third-order valence-corrected chi connectivity index (χ3v) is 8.63. The monoisotopic (exact) mass is 450 g/mol. The summed E-state index contributed by atoms with van der Waals surface area (Å²) in [5.41, 5.74) is 1.07. The molecule has 0 aromatic heterocycles. The quantitative estimate of drug-likeness (QED) is 0.610. The van der Waals surface area contributed by atoms with Gasteiger partial charge in [0.05, 0.1) is 18.8 Å². The summed E-state index contributed by atoms with van der Waals surface area (Å²) in [6, 6.07) is 10.1. The van der Waals surface area contributed by atoms with Crippen molar-refractivity contribution >= 4 is 11.8 Å². The number of rotatable bonds is 5. The predicted molar refractivity (Wildman–Crippen MR) is 123 cm³/mol. The number of ether oxygens (including phenoxy) is 5. The highest BCUT2D eigenvalue weighted by Crippen LogP contribution is 2.43. The molecule has 3 saturated heterocycles. The Balaban J connectivity index is 1.55. The molecule has 4 rings (SSSR count). The van der Waals surface area contributed by atoms with Crippen LogP contribution in [-0.2, 0) is 23.7 Å². The lowest BCUT2D eigenvalue weighted by molar-refractivity contribution is -0.348. The Kier molecular flexibility index (Phi) is 7.67. The average Bonchev–Trinajstić information content (AvgIpc) is 2.80. The van der Waals surface area contributed by atoms with Crippen molar-refractivity contribution in [2.45, 2.75) is 83.5 Å². The van der Waals surface area contributed by atoms with Gasteiger partial charge in [-0.2, -0.15) is 0 Å². The first-order valence-corrected chi connectivity index (χ1v) is 13.0. The van der Waals surface area contributed by atoms with Gasteiger partial charge < -0.3 is 23.7 Å². The van der Waals surface area contributed by atoms with E-state index in [1.54, 1.807) is 11.8 Å². The summed E-state index contributed by atoms with van der Waals surface area (Å²) in [6.07, 6.45) is 2.24. The molecule has 0 amide bonds. The zero-order chi connectivity index (χ0) is 22.1. The molecule has 0 N–H and O–H groups in total. The van der Waals surface area contributed by atoms with Gasteiger partial charge in [-0.05, 0) is 24.5 Å². The Bertz CT molecular complexity index is 700. The minimum Gasteiger partial charge on any atom is -0.359 e. The number of thioether (sulfide) groups is 1. The van der Waals surface area contributed by atoms with E-state index in [0.717, 1.165) is 12.0 Å². The molecule has 3 aliphatic heterocycles. The molecule has 0 bridgehead atoms. The Morgan fingerprint density at radius 3 is 2.35 bits per heavy atom. The van der Waals surface area contributed by atoms with Crippen LogP contribution >= 0.6 is 11.8 Å². The Labute approximate surface area is 191 Å². The summed E-state index contributed by atoms with van der Waals surface area (Å²) in [7, 11) is 0. The lowest BCUT2D eigenvalue weighted by atomic mass is 9.78. The van der Waals surface area contributed by atoms with Crippen LogP contribution in [0.1, 0.15) is 52.9 Å². The SMILES string of the molecule is CCC1O[C@H](O[C@@H]2C(C)[C@H](SC)OC3COC(c4ccccc4)O[C@@H]32)C(C)[C@@H](C)[C@H]1C. The minimum atomic E-state index is -0.401. The number of fused-ring (bicyclic) bond motifs is 1. The molecule has 11 atom stereocenters. The van der Waals surface area contributed by atoms with Crippen LogP contribution in [0.15, 0.2) is 30.3 Å². The maximum Gasteiger partial charge on any atom is 0.184 e. The molecular weight excluding hydrogens is 412 g/mol. The van der Waals surface area contributed by atoms with E-state index in [-0.39, 0.29) is 42.1 Å². The maximum absolute atomic E-state index is 6.80. The molecule has 1 aromatic carbocycles. The van der Waals surface area contributed by atoms with E-state index >= 15 is 0 Å². The summed E-state index contributed by atoms with van der Waals surface area (Å²) in [6.45, 7) is 11.8. The highest BCUT2D eigenvalue weighted by Gasteiger charge is 2.51. The Hall–Kier alpha value is -0.630. The van der Waals surface area contributed by atoms with Crippen molar-refractivity contribution in [3.8, 4) is 0 Å². The molecule has 0 radical (unpaired) electrons. The van der Waals surface area contributed by atoms with Crippen molar-refractivity contribution in [1.29, 1.82) is 0 Å². The Morgan fingerprint density at radius 2 is 1.68 bits per heavy atom. The van der Waals surface area contributed by atoms with Gasteiger partial charge in [-0.1, -0.05) is 65.0 Å². The first-order chi connectivity index (χ1) is 14.9. The summed E-state index contributed by atoms with van der Waals surface area (Å²) in [5.74, 6) is 1.57. The fraction of sp³-hybridized carbons (Fsp3) is 0.760. The van der Waals surface area contributed by atoms with Gasteiger partial charge in [0, 0.05) is 17.4 Å². The van der Waals surface area contributed by atoms with Gasteiger partial charge in [-0.3, -0.25) is 0 Å². The fourth-order valence-corrected chi connectivity index (χ4v) is 6.06. The highest BCUT2D eigenvalue weighted by molar-refractivity contribution is 7.99. The summed E-state index contributed by atoms with van der Waals surface area (Å²) in [5, 5.41) is 0. The van der Waals surface area contributed by atoms with Crippen molar-refractivity contribution in [3.63, 3.8) is 0 Å². The van der Waals surface area contributed by atoms with E-state index in [9.17, 15) is 0 Å². The van der Waals surface area contributed by atoms with Crippen LogP contribution in [0.4, 0.5) is 0 Å². The van der Waals surface area contributed by atoms with Crippen LogP contribution in [-0.4, -0.2) is 49.0 Å². The van der Waals surface area contributed by atoms with Gasteiger partial charge in [-0.15, -0.1) is 11.8 Å². The summed E-state index contributed by atoms with van der Waals surface area (Å²) in [4.78, 5) is 0. The summed E-state index contributed by atoms with van der Waals surface area (Å²) < 4.78 is 32.2. The van der Waals surface area contributed by atoms with Crippen molar-refractivity contribution < 1.29 is 23.7 Å². The molecule has 3 fully saturated rings. The van der Waals surface area contributed by atoms with Crippen molar-refractivity contribution in [2.75, 3.05) is 12.9 Å². The predicted octanol–water partition coefficient (Wildman–Crippen LogP) is 5.25. The molecule has 1 aromatic rings. The van der Waals surface area contributed by atoms with E-state index in [2.05, 4.69) is 40.9 Å². The van der Waals surface area contributed by atoms with Gasteiger partial charge in [0.2, 0.25) is 0 Å². The molecule has 0 aliphatic carbocycles. The lowest BCUT2D eigenvalue weighted by Gasteiger charge is -2.51. The molecule has 0 saturated carbocycles. The topological polar surface area (TPSA) is 46.2 Å². The molecule has 0 spiro atoms. The van der Waals surface area contributed by atoms with Gasteiger partial charge in [0.25, 0.3) is 0 Å². The molecule has 5 nitrogen and oxygen atoms in total. The van der Waals surface area contributed by atoms with Crippen LogP contribution in [0.2, 0.25) is 0 Å². The van der Waals surface area contributed by atoms with Crippen LogP contribution in [0.3, 0.4) is 0 Å². The van der Waals surface area contributed by atoms with Gasteiger partial charge >= 0.3 is 0 Å². The molecule has 31 heavy (non-hydrogen) atoms. The smallest absolute Gasteiger partial charge is 0.184 e. The third-order valence-electron chi connectivity index (χ3n) is 7.62. The van der Waals surface area contributed by atoms with E-state index < -0.39 is 6.29 Å². The van der Waals surface area contributed by atoms with Gasteiger partial charge in [0.15, 0.2) is 12.6 Å². The molecule has 174 valence electrons. The number of hydrogen-bond donors (Lipinski definition) is 0. The van der Waals surface area contributed by atoms with Crippen molar-refractivity contribution in [3.05, 3.63) is 35.9 Å². The molecule has 3 heterocycles. The molecule has 3 aliphatic rings. The van der Waals surface area contributed by atoms with E-state index in [4.69, 9.17) is 23.7 Å². The van der Waals surface area contributed by atoms with E-state index in [1.165, 1.54) is 0 Å². The Morgan fingerprint density at radius 1 is 0.935 bits per heavy atom. The number of benzene rings is 1. The van der Waals surface area contributed by atoms with Gasteiger partial charge in [0.1, 0.15) is 17.6 Å². The highest BCUT2D eigenvalue weighted by atomic mass is 32.2. The second kappa shape index (κ2) is 10.1. The second-order valence-corrected chi connectivity index (χ2v) is 10.4. The average molecular weight is 451 g/mol. The second-order valence-electron chi connectivity index (χ2n) is 9.44. The van der Waals surface area contributed by atoms with Crippen LogP contribution in [0.25, 0.3) is 0 Å². The van der Waals surface area contributed by atoms with Crippen molar-refractivity contribution in [2.24, 2.45) is 23.7 Å². The molecule has 6 heteroatoms. The number of hydrogen-bond acceptors (Lipinski definition) is 6. The zero-order valence-electron chi connectivity index (χ0n) is 19.6. The van der Waals surface area contributed by atoms with Crippen LogP contribution < -0.4 is 0 Å². The molecule has 5 unspecified atom stereocenters. The van der Waals surface area contributed by atoms with Crippen molar-refractivity contribution in [1.82, 2.24) is 0 Å². The molecular formula is C25H38O5S. The zero-order valence-corrected chi connectivity index (χ0v) is 20.4.